The first kappa shape index (κ1) is 9.40. The standard InChI is InChI=1S/C9H4F3N3/c10-6-3(1-13)7(11)8(12)9-5(6)4(14)2-15-9/h2,15H,14H2. The molecule has 15 heavy (non-hydrogen) atoms. The molecule has 3 N–H and O–H groups in total. The fourth-order valence-electron chi connectivity index (χ4n) is 1.39. The Balaban J connectivity index is 3.07. The van der Waals surface area contributed by atoms with Gasteiger partial charge < -0.3 is 10.7 Å². The molecule has 0 radical (unpaired) electrons. The largest absolute Gasteiger partial charge is 0.397 e. The van der Waals surface area contributed by atoms with Crippen molar-refractivity contribution in [3.8, 4) is 6.07 Å². The van der Waals surface area contributed by atoms with Crippen LogP contribution in [-0.2, 0) is 0 Å². The van der Waals surface area contributed by atoms with Crippen molar-refractivity contribution in [1.29, 1.82) is 5.26 Å². The number of nitrogens with zero attached hydrogens (tertiary/aromatic N) is 1. The number of aromatic amines is 1. The number of hydrogen-bond acceptors (Lipinski definition) is 2. The number of hydrogen-bond donors (Lipinski definition) is 2. The number of benzene rings is 1. The number of rotatable bonds is 0. The van der Waals surface area contributed by atoms with Crippen LogP contribution in [0.1, 0.15) is 5.56 Å². The Labute approximate surface area is 81.9 Å². The van der Waals surface area contributed by atoms with Crippen molar-refractivity contribution in [2.45, 2.75) is 0 Å². The highest BCUT2D eigenvalue weighted by Crippen LogP contribution is 2.30. The van der Waals surface area contributed by atoms with Gasteiger partial charge in [0.15, 0.2) is 17.5 Å². The molecule has 1 aromatic carbocycles. The van der Waals surface area contributed by atoms with Gasteiger partial charge in [0.1, 0.15) is 11.6 Å². The first-order chi connectivity index (χ1) is 7.07. The van der Waals surface area contributed by atoms with Gasteiger partial charge in [-0.05, 0) is 0 Å². The van der Waals surface area contributed by atoms with Crippen LogP contribution in [0.3, 0.4) is 0 Å². The molecular weight excluding hydrogens is 207 g/mol. The first-order valence-corrected chi connectivity index (χ1v) is 3.91. The predicted octanol–water partition coefficient (Wildman–Crippen LogP) is 2.04. The van der Waals surface area contributed by atoms with Crippen molar-refractivity contribution in [3.63, 3.8) is 0 Å². The summed E-state index contributed by atoms with van der Waals surface area (Å²) in [5, 5.41) is 8.16. The molecular formula is C9H4F3N3. The molecule has 0 bridgehead atoms. The zero-order chi connectivity index (χ0) is 11.2. The summed E-state index contributed by atoms with van der Waals surface area (Å²) in [4.78, 5) is 2.30. The lowest BCUT2D eigenvalue weighted by molar-refractivity contribution is 0.501. The van der Waals surface area contributed by atoms with Crippen LogP contribution in [0, 0.1) is 28.8 Å². The first-order valence-electron chi connectivity index (χ1n) is 3.91. The van der Waals surface area contributed by atoms with Crippen LogP contribution in [0.25, 0.3) is 10.9 Å². The molecule has 0 aliphatic carbocycles. The summed E-state index contributed by atoms with van der Waals surface area (Å²) in [5.74, 6) is -3.96. The van der Waals surface area contributed by atoms with Crippen LogP contribution in [0.2, 0.25) is 0 Å². The minimum atomic E-state index is -1.51. The maximum atomic E-state index is 13.5. The van der Waals surface area contributed by atoms with E-state index in [0.29, 0.717) is 0 Å². The highest BCUT2D eigenvalue weighted by molar-refractivity contribution is 5.93. The lowest BCUT2D eigenvalue weighted by atomic mass is 10.1. The van der Waals surface area contributed by atoms with Crippen molar-refractivity contribution in [3.05, 3.63) is 29.2 Å². The molecule has 0 aliphatic heterocycles. The van der Waals surface area contributed by atoms with Crippen molar-refractivity contribution < 1.29 is 13.2 Å². The van der Waals surface area contributed by atoms with Crippen molar-refractivity contribution in [2.75, 3.05) is 5.73 Å². The van der Waals surface area contributed by atoms with Gasteiger partial charge in [0.25, 0.3) is 0 Å². The highest BCUT2D eigenvalue weighted by atomic mass is 19.2. The fourth-order valence-corrected chi connectivity index (χ4v) is 1.39. The van der Waals surface area contributed by atoms with Crippen LogP contribution in [-0.4, -0.2) is 4.98 Å². The zero-order valence-electron chi connectivity index (χ0n) is 7.24. The van der Waals surface area contributed by atoms with E-state index in [2.05, 4.69) is 4.98 Å². The molecule has 0 saturated heterocycles. The van der Waals surface area contributed by atoms with E-state index in [4.69, 9.17) is 11.0 Å². The van der Waals surface area contributed by atoms with E-state index in [1.165, 1.54) is 6.07 Å². The number of H-pyrrole nitrogens is 1. The molecule has 0 unspecified atom stereocenters. The van der Waals surface area contributed by atoms with Crippen molar-refractivity contribution >= 4 is 16.6 Å². The normalized spacial score (nSPS) is 10.5. The number of nitriles is 1. The third-order valence-corrected chi connectivity index (χ3v) is 2.09. The maximum Gasteiger partial charge on any atom is 0.184 e. The Morgan fingerprint density at radius 1 is 1.20 bits per heavy atom. The molecule has 0 fully saturated rings. The monoisotopic (exact) mass is 211 g/mol. The predicted molar refractivity (Wildman–Crippen MR) is 47.3 cm³/mol. The number of anilines is 1. The lowest BCUT2D eigenvalue weighted by Crippen LogP contribution is -1.97. The molecule has 3 nitrogen and oxygen atoms in total. The summed E-state index contributed by atoms with van der Waals surface area (Å²) in [6, 6.07) is 1.25. The quantitative estimate of drug-likeness (QED) is 0.655. The van der Waals surface area contributed by atoms with Crippen LogP contribution >= 0.6 is 0 Å². The molecule has 1 aromatic heterocycles. The van der Waals surface area contributed by atoms with Crippen molar-refractivity contribution in [1.82, 2.24) is 4.98 Å². The average Bonchev–Trinajstić information content (AvgIpc) is 2.58. The number of nitrogens with two attached hydrogens (primary N) is 1. The van der Waals surface area contributed by atoms with E-state index in [1.807, 2.05) is 0 Å². The van der Waals surface area contributed by atoms with E-state index >= 15 is 0 Å². The molecule has 0 spiro atoms. The second kappa shape index (κ2) is 2.92. The molecule has 2 rings (SSSR count). The van der Waals surface area contributed by atoms with Gasteiger partial charge in [-0.15, -0.1) is 0 Å². The van der Waals surface area contributed by atoms with Crippen molar-refractivity contribution in [2.24, 2.45) is 0 Å². The Morgan fingerprint density at radius 2 is 1.87 bits per heavy atom. The molecule has 0 atom stereocenters. The summed E-state index contributed by atoms with van der Waals surface area (Å²) < 4.78 is 39.8. The van der Waals surface area contributed by atoms with E-state index in [1.54, 1.807) is 0 Å². The zero-order valence-corrected chi connectivity index (χ0v) is 7.24. The van der Waals surface area contributed by atoms with Gasteiger partial charge in [-0.3, -0.25) is 0 Å². The molecule has 76 valence electrons. The van der Waals surface area contributed by atoms with Crippen LogP contribution in [0.5, 0.6) is 0 Å². The average molecular weight is 211 g/mol. The summed E-state index contributed by atoms with van der Waals surface area (Å²) in [6.07, 6.45) is 1.14. The van der Waals surface area contributed by atoms with Gasteiger partial charge in [0.05, 0.1) is 16.6 Å². The highest BCUT2D eigenvalue weighted by Gasteiger charge is 2.22. The number of nitrogen functional groups attached to an aromatic ring is 1. The molecule has 6 heteroatoms. The van der Waals surface area contributed by atoms with Gasteiger partial charge in [0.2, 0.25) is 0 Å². The number of fused-ring (bicyclic) bond motifs is 1. The minimum absolute atomic E-state index is 0.0714. The fraction of sp³-hybridized carbons (Fsp3) is 0. The van der Waals surface area contributed by atoms with Gasteiger partial charge in [-0.25, -0.2) is 13.2 Å². The number of aromatic nitrogens is 1. The number of nitrogens with one attached hydrogen (secondary N) is 1. The number of halogens is 3. The van der Waals surface area contributed by atoms with Gasteiger partial charge >= 0.3 is 0 Å². The second-order valence-corrected chi connectivity index (χ2v) is 2.92. The van der Waals surface area contributed by atoms with Crippen LogP contribution in [0.4, 0.5) is 18.9 Å². The summed E-state index contributed by atoms with van der Waals surface area (Å²) in [5.41, 5.74) is 3.94. The van der Waals surface area contributed by atoms with Gasteiger partial charge in [0, 0.05) is 6.20 Å². The van der Waals surface area contributed by atoms with E-state index in [-0.39, 0.29) is 16.6 Å². The molecule has 0 saturated carbocycles. The Bertz CT molecular complexity index is 595. The summed E-state index contributed by atoms with van der Waals surface area (Å²) >= 11 is 0. The van der Waals surface area contributed by atoms with E-state index < -0.39 is 23.0 Å². The topological polar surface area (TPSA) is 65.6 Å². The van der Waals surface area contributed by atoms with Crippen LogP contribution in [0.15, 0.2) is 6.20 Å². The third kappa shape index (κ3) is 1.06. The molecule has 2 aromatic rings. The molecule has 0 aliphatic rings. The van der Waals surface area contributed by atoms with Gasteiger partial charge in [-0.1, -0.05) is 0 Å². The third-order valence-electron chi connectivity index (χ3n) is 2.09. The lowest BCUT2D eigenvalue weighted by Gasteiger charge is -2.01. The summed E-state index contributed by atoms with van der Waals surface area (Å²) in [6.45, 7) is 0. The Hall–Kier alpha value is -2.16. The SMILES string of the molecule is N#Cc1c(F)c(F)c2[nH]cc(N)c2c1F. The molecule has 0 amide bonds. The summed E-state index contributed by atoms with van der Waals surface area (Å²) in [7, 11) is 0. The van der Waals surface area contributed by atoms with Gasteiger partial charge in [-0.2, -0.15) is 5.26 Å². The second-order valence-electron chi connectivity index (χ2n) is 2.92. The smallest absolute Gasteiger partial charge is 0.184 e. The van der Waals surface area contributed by atoms with E-state index in [0.717, 1.165) is 6.20 Å². The van der Waals surface area contributed by atoms with Crippen LogP contribution < -0.4 is 5.73 Å². The molecule has 1 heterocycles. The Morgan fingerprint density at radius 3 is 2.47 bits per heavy atom. The van der Waals surface area contributed by atoms with E-state index in [9.17, 15) is 13.2 Å². The minimum Gasteiger partial charge on any atom is -0.397 e. The maximum absolute atomic E-state index is 13.5. The Kier molecular flexibility index (Phi) is 1.83.